The summed E-state index contributed by atoms with van der Waals surface area (Å²) < 4.78 is 4.59. The van der Waals surface area contributed by atoms with E-state index in [0.717, 1.165) is 4.88 Å². The maximum absolute atomic E-state index is 11.2. The third-order valence-corrected chi connectivity index (χ3v) is 3.42. The number of thiophene rings is 1. The fourth-order valence-corrected chi connectivity index (χ4v) is 2.15. The average molecular weight is 242 g/mol. The van der Waals surface area contributed by atoms with Gasteiger partial charge in [0, 0.05) is 4.88 Å². The molecule has 0 aliphatic carbocycles. The predicted molar refractivity (Wildman–Crippen MR) is 60.8 cm³/mol. The van der Waals surface area contributed by atoms with Crippen LogP contribution in [0, 0.1) is 5.92 Å². The van der Waals surface area contributed by atoms with Crippen molar-refractivity contribution in [3.8, 4) is 0 Å². The van der Waals surface area contributed by atoms with Crippen LogP contribution < -0.4 is 0 Å². The summed E-state index contributed by atoms with van der Waals surface area (Å²) >= 11 is 1.35. The summed E-state index contributed by atoms with van der Waals surface area (Å²) in [5.74, 6) is -1.49. The predicted octanol–water partition coefficient (Wildman–Crippen LogP) is 2.19. The highest BCUT2D eigenvalue weighted by Crippen LogP contribution is 2.20. The summed E-state index contributed by atoms with van der Waals surface area (Å²) in [6.45, 7) is 1.68. The van der Waals surface area contributed by atoms with Gasteiger partial charge >= 0.3 is 11.9 Å². The van der Waals surface area contributed by atoms with Gasteiger partial charge in [-0.1, -0.05) is 6.92 Å². The molecule has 0 aliphatic rings. The zero-order chi connectivity index (χ0) is 12.1. The van der Waals surface area contributed by atoms with Gasteiger partial charge in [-0.05, 0) is 25.0 Å². The Morgan fingerprint density at radius 3 is 2.75 bits per heavy atom. The maximum atomic E-state index is 11.2. The molecule has 0 aliphatic heterocycles. The second-order valence-corrected chi connectivity index (χ2v) is 4.70. The lowest BCUT2D eigenvalue weighted by Gasteiger charge is -2.03. The van der Waals surface area contributed by atoms with Gasteiger partial charge in [0.15, 0.2) is 0 Å². The summed E-state index contributed by atoms with van der Waals surface area (Å²) in [7, 11) is 1.34. The molecule has 1 unspecified atom stereocenters. The second kappa shape index (κ2) is 5.65. The Hall–Kier alpha value is -1.36. The smallest absolute Gasteiger partial charge is 0.348 e. The van der Waals surface area contributed by atoms with Crippen molar-refractivity contribution in [3.05, 3.63) is 21.9 Å². The maximum Gasteiger partial charge on any atom is 0.348 e. The quantitative estimate of drug-likeness (QED) is 0.804. The van der Waals surface area contributed by atoms with Crippen molar-refractivity contribution >= 4 is 23.3 Å². The van der Waals surface area contributed by atoms with E-state index in [-0.39, 0.29) is 11.9 Å². The molecule has 5 heteroatoms. The monoisotopic (exact) mass is 242 g/mol. The van der Waals surface area contributed by atoms with Crippen LogP contribution in [-0.4, -0.2) is 24.2 Å². The lowest BCUT2D eigenvalue weighted by Crippen LogP contribution is -2.09. The standard InChI is InChI=1S/C11H14O4S/c1-7(10(12)13)3-4-8-5-6-9(16-8)11(14)15-2/h5-7H,3-4H2,1-2H3,(H,12,13). The number of aliphatic carboxylic acids is 1. The van der Waals surface area contributed by atoms with Crippen molar-refractivity contribution in [1.29, 1.82) is 0 Å². The molecule has 1 aromatic rings. The molecule has 1 aromatic heterocycles. The molecular formula is C11H14O4S. The fraction of sp³-hybridized carbons (Fsp3) is 0.455. The van der Waals surface area contributed by atoms with E-state index in [4.69, 9.17) is 5.11 Å². The summed E-state index contributed by atoms with van der Waals surface area (Å²) in [6.07, 6.45) is 1.26. The number of esters is 1. The van der Waals surface area contributed by atoms with Crippen molar-refractivity contribution in [2.45, 2.75) is 19.8 Å². The third kappa shape index (κ3) is 3.34. The molecule has 0 saturated carbocycles. The number of carboxylic acid groups (broad SMARTS) is 1. The molecule has 0 fully saturated rings. The number of aryl methyl sites for hydroxylation is 1. The fourth-order valence-electron chi connectivity index (χ4n) is 1.20. The Kier molecular flexibility index (Phi) is 4.49. The molecule has 1 atom stereocenters. The van der Waals surface area contributed by atoms with E-state index in [2.05, 4.69) is 4.74 Å². The van der Waals surface area contributed by atoms with Crippen molar-refractivity contribution in [1.82, 2.24) is 0 Å². The van der Waals surface area contributed by atoms with Crippen LogP contribution in [0.2, 0.25) is 0 Å². The highest BCUT2D eigenvalue weighted by molar-refractivity contribution is 7.13. The molecular weight excluding hydrogens is 228 g/mol. The lowest BCUT2D eigenvalue weighted by molar-refractivity contribution is -0.141. The topological polar surface area (TPSA) is 63.6 Å². The van der Waals surface area contributed by atoms with Crippen LogP contribution in [0.3, 0.4) is 0 Å². The van der Waals surface area contributed by atoms with Gasteiger partial charge in [-0.25, -0.2) is 4.79 Å². The van der Waals surface area contributed by atoms with E-state index < -0.39 is 5.97 Å². The zero-order valence-electron chi connectivity index (χ0n) is 9.23. The Bertz CT molecular complexity index is 383. The SMILES string of the molecule is COC(=O)c1ccc(CCC(C)C(=O)O)s1. The van der Waals surface area contributed by atoms with Crippen LogP contribution >= 0.6 is 11.3 Å². The van der Waals surface area contributed by atoms with Gasteiger partial charge in [0.2, 0.25) is 0 Å². The first-order valence-electron chi connectivity index (χ1n) is 4.94. The number of hydrogen-bond donors (Lipinski definition) is 1. The first kappa shape index (κ1) is 12.7. The lowest BCUT2D eigenvalue weighted by atomic mass is 10.1. The number of carbonyl (C=O) groups excluding carboxylic acids is 1. The molecule has 0 saturated heterocycles. The molecule has 0 bridgehead atoms. The van der Waals surface area contributed by atoms with Crippen LogP contribution in [0.1, 0.15) is 27.9 Å². The van der Waals surface area contributed by atoms with Gasteiger partial charge < -0.3 is 9.84 Å². The number of rotatable bonds is 5. The van der Waals surface area contributed by atoms with E-state index in [0.29, 0.717) is 17.7 Å². The van der Waals surface area contributed by atoms with Gasteiger partial charge in [-0.15, -0.1) is 11.3 Å². The summed E-state index contributed by atoms with van der Waals surface area (Å²) in [6, 6.07) is 3.54. The van der Waals surface area contributed by atoms with Gasteiger partial charge in [-0.2, -0.15) is 0 Å². The molecule has 0 spiro atoms. The largest absolute Gasteiger partial charge is 0.481 e. The summed E-state index contributed by atoms with van der Waals surface area (Å²) in [4.78, 5) is 23.3. The average Bonchev–Trinajstić information content (AvgIpc) is 2.73. The van der Waals surface area contributed by atoms with Crippen LogP contribution in [0.15, 0.2) is 12.1 Å². The first-order valence-corrected chi connectivity index (χ1v) is 5.76. The Labute approximate surface area is 97.9 Å². The number of carbonyl (C=O) groups is 2. The zero-order valence-corrected chi connectivity index (χ0v) is 10.0. The second-order valence-electron chi connectivity index (χ2n) is 3.54. The van der Waals surface area contributed by atoms with Gasteiger partial charge in [0.05, 0.1) is 13.0 Å². The van der Waals surface area contributed by atoms with Gasteiger partial charge in [0.1, 0.15) is 4.88 Å². The highest BCUT2D eigenvalue weighted by Gasteiger charge is 2.13. The van der Waals surface area contributed by atoms with E-state index >= 15 is 0 Å². The van der Waals surface area contributed by atoms with E-state index in [9.17, 15) is 9.59 Å². The number of methoxy groups -OCH3 is 1. The summed E-state index contributed by atoms with van der Waals surface area (Å²) in [5.41, 5.74) is 0. The normalized spacial score (nSPS) is 12.1. The van der Waals surface area contributed by atoms with E-state index in [1.54, 1.807) is 13.0 Å². The number of ether oxygens (including phenoxy) is 1. The van der Waals surface area contributed by atoms with Crippen molar-refractivity contribution < 1.29 is 19.4 Å². The molecule has 0 amide bonds. The molecule has 0 radical (unpaired) electrons. The van der Waals surface area contributed by atoms with Gasteiger partial charge in [0.25, 0.3) is 0 Å². The number of carboxylic acids is 1. The minimum Gasteiger partial charge on any atom is -0.481 e. The van der Waals surface area contributed by atoms with E-state index in [1.165, 1.54) is 18.4 Å². The molecule has 1 rings (SSSR count). The first-order chi connectivity index (χ1) is 7.54. The molecule has 0 aromatic carbocycles. The molecule has 1 heterocycles. The molecule has 1 N–H and O–H groups in total. The van der Waals surface area contributed by atoms with Crippen molar-refractivity contribution in [2.75, 3.05) is 7.11 Å². The minimum atomic E-state index is -0.787. The molecule has 16 heavy (non-hydrogen) atoms. The summed E-state index contributed by atoms with van der Waals surface area (Å²) in [5, 5.41) is 8.72. The molecule has 88 valence electrons. The van der Waals surface area contributed by atoms with Crippen LogP contribution in [-0.2, 0) is 16.0 Å². The Balaban J connectivity index is 2.53. The van der Waals surface area contributed by atoms with Crippen LogP contribution in [0.5, 0.6) is 0 Å². The Morgan fingerprint density at radius 2 is 2.19 bits per heavy atom. The number of hydrogen-bond acceptors (Lipinski definition) is 4. The Morgan fingerprint density at radius 1 is 1.50 bits per heavy atom. The highest BCUT2D eigenvalue weighted by atomic mass is 32.1. The third-order valence-electron chi connectivity index (χ3n) is 2.29. The van der Waals surface area contributed by atoms with Gasteiger partial charge in [-0.3, -0.25) is 4.79 Å². The molecule has 4 nitrogen and oxygen atoms in total. The van der Waals surface area contributed by atoms with E-state index in [1.807, 2.05) is 6.07 Å². The van der Waals surface area contributed by atoms with Crippen molar-refractivity contribution in [2.24, 2.45) is 5.92 Å². The van der Waals surface area contributed by atoms with Crippen LogP contribution in [0.4, 0.5) is 0 Å². The van der Waals surface area contributed by atoms with Crippen molar-refractivity contribution in [3.63, 3.8) is 0 Å². The minimum absolute atomic E-state index is 0.345. The van der Waals surface area contributed by atoms with Crippen LogP contribution in [0.25, 0.3) is 0 Å².